The number of aryl methyl sites for hydroxylation is 1. The molecule has 1 N–H and O–H groups in total. The lowest BCUT2D eigenvalue weighted by Gasteiger charge is -2.26. The number of halogens is 2. The van der Waals surface area contributed by atoms with Gasteiger partial charge in [0, 0.05) is 11.3 Å². The molecule has 1 saturated heterocycles. The summed E-state index contributed by atoms with van der Waals surface area (Å²) >= 11 is 12.1. The Kier molecular flexibility index (Phi) is 5.96. The van der Waals surface area contributed by atoms with Crippen molar-refractivity contribution >= 4 is 46.3 Å². The van der Waals surface area contributed by atoms with E-state index in [0.29, 0.717) is 22.0 Å². The van der Waals surface area contributed by atoms with E-state index in [0.717, 1.165) is 11.1 Å². The SMILES string of the molecule is COc1ccc(N2C(=O)C(=O)/C(=C(/O)c3ccc(Cl)c(Cl)c3)C2c2ccccc2C)cc1. The van der Waals surface area contributed by atoms with E-state index in [9.17, 15) is 14.7 Å². The van der Waals surface area contributed by atoms with E-state index >= 15 is 0 Å². The van der Waals surface area contributed by atoms with Crippen molar-refractivity contribution < 1.29 is 19.4 Å². The summed E-state index contributed by atoms with van der Waals surface area (Å²) in [6.07, 6.45) is 0. The molecule has 1 fully saturated rings. The first-order valence-corrected chi connectivity index (χ1v) is 10.5. The zero-order valence-electron chi connectivity index (χ0n) is 17.3. The maximum Gasteiger partial charge on any atom is 0.300 e. The molecule has 1 heterocycles. The molecule has 0 saturated carbocycles. The van der Waals surface area contributed by atoms with Crippen LogP contribution in [0.1, 0.15) is 22.7 Å². The lowest BCUT2D eigenvalue weighted by Crippen LogP contribution is -2.29. The third kappa shape index (κ3) is 3.74. The minimum atomic E-state index is -0.820. The molecule has 1 aliphatic heterocycles. The number of Topliss-reactive ketones (excluding diaryl/α,β-unsaturated/α-hetero) is 1. The predicted octanol–water partition coefficient (Wildman–Crippen LogP) is 5.94. The monoisotopic (exact) mass is 467 g/mol. The summed E-state index contributed by atoms with van der Waals surface area (Å²) < 4.78 is 5.21. The molecule has 7 heteroatoms. The molecule has 0 radical (unpaired) electrons. The Morgan fingerprint density at radius 3 is 2.28 bits per heavy atom. The first-order chi connectivity index (χ1) is 15.3. The number of anilines is 1. The van der Waals surface area contributed by atoms with Crippen LogP contribution >= 0.6 is 23.2 Å². The van der Waals surface area contributed by atoms with Gasteiger partial charge in [-0.1, -0.05) is 47.5 Å². The lowest BCUT2D eigenvalue weighted by molar-refractivity contribution is -0.132. The number of methoxy groups -OCH3 is 1. The van der Waals surface area contributed by atoms with Gasteiger partial charge in [-0.2, -0.15) is 0 Å². The van der Waals surface area contributed by atoms with E-state index in [2.05, 4.69) is 0 Å². The van der Waals surface area contributed by atoms with Gasteiger partial charge in [-0.05, 0) is 60.5 Å². The average Bonchev–Trinajstić information content (AvgIpc) is 3.06. The van der Waals surface area contributed by atoms with Crippen LogP contribution in [-0.4, -0.2) is 23.9 Å². The van der Waals surface area contributed by atoms with Crippen LogP contribution in [0.25, 0.3) is 5.76 Å². The van der Waals surface area contributed by atoms with Crippen molar-refractivity contribution in [2.24, 2.45) is 0 Å². The highest BCUT2D eigenvalue weighted by molar-refractivity contribution is 6.51. The van der Waals surface area contributed by atoms with Crippen molar-refractivity contribution in [3.8, 4) is 5.75 Å². The third-order valence-electron chi connectivity index (χ3n) is 5.47. The third-order valence-corrected chi connectivity index (χ3v) is 6.21. The normalized spacial score (nSPS) is 17.6. The number of carbonyl (C=O) groups excluding carboxylic acids is 2. The van der Waals surface area contributed by atoms with Crippen molar-refractivity contribution in [2.45, 2.75) is 13.0 Å². The number of ether oxygens (including phenoxy) is 1. The van der Waals surface area contributed by atoms with Gasteiger partial charge in [-0.15, -0.1) is 0 Å². The highest BCUT2D eigenvalue weighted by Gasteiger charge is 2.47. The van der Waals surface area contributed by atoms with Crippen LogP contribution in [0.5, 0.6) is 5.75 Å². The molecule has 1 atom stereocenters. The fourth-order valence-electron chi connectivity index (χ4n) is 3.83. The molecule has 32 heavy (non-hydrogen) atoms. The standard InChI is InChI=1S/C25H19Cl2NO4/c1-14-5-3-4-6-18(14)22-21(23(29)15-7-12-19(26)20(27)13-15)24(30)25(31)28(22)16-8-10-17(32-2)11-9-16/h3-13,22,29H,1-2H3/b23-21+. The van der Waals surface area contributed by atoms with Crippen molar-refractivity contribution in [1.82, 2.24) is 0 Å². The van der Waals surface area contributed by atoms with Crippen LogP contribution in [0, 0.1) is 6.92 Å². The van der Waals surface area contributed by atoms with E-state index in [-0.39, 0.29) is 16.4 Å². The van der Waals surface area contributed by atoms with Gasteiger partial charge in [-0.25, -0.2) is 0 Å². The summed E-state index contributed by atoms with van der Waals surface area (Å²) in [7, 11) is 1.55. The van der Waals surface area contributed by atoms with Crippen LogP contribution < -0.4 is 9.64 Å². The molecule has 0 bridgehead atoms. The number of aliphatic hydroxyl groups is 1. The molecule has 0 aromatic heterocycles. The van der Waals surface area contributed by atoms with E-state index in [4.69, 9.17) is 27.9 Å². The molecule has 1 amide bonds. The Labute approximate surface area is 195 Å². The summed E-state index contributed by atoms with van der Waals surface area (Å²) in [5, 5.41) is 11.7. The van der Waals surface area contributed by atoms with Gasteiger partial charge >= 0.3 is 0 Å². The molecule has 0 spiro atoms. The van der Waals surface area contributed by atoms with Crippen LogP contribution in [0.2, 0.25) is 10.0 Å². The molecule has 0 aliphatic carbocycles. The largest absolute Gasteiger partial charge is 0.507 e. The number of nitrogens with zero attached hydrogens (tertiary/aromatic N) is 1. The van der Waals surface area contributed by atoms with Gasteiger partial charge in [-0.3, -0.25) is 14.5 Å². The van der Waals surface area contributed by atoms with Crippen molar-refractivity contribution in [1.29, 1.82) is 0 Å². The highest BCUT2D eigenvalue weighted by atomic mass is 35.5. The zero-order valence-corrected chi connectivity index (χ0v) is 18.8. The second kappa shape index (κ2) is 8.69. The number of hydrogen-bond acceptors (Lipinski definition) is 4. The second-order valence-electron chi connectivity index (χ2n) is 7.35. The fraction of sp³-hybridized carbons (Fsp3) is 0.120. The average molecular weight is 468 g/mol. The highest BCUT2D eigenvalue weighted by Crippen LogP contribution is 2.43. The van der Waals surface area contributed by atoms with Crippen LogP contribution in [0.4, 0.5) is 5.69 Å². The summed E-state index contributed by atoms with van der Waals surface area (Å²) in [6.45, 7) is 1.89. The Morgan fingerprint density at radius 1 is 0.969 bits per heavy atom. The smallest absolute Gasteiger partial charge is 0.300 e. The van der Waals surface area contributed by atoms with Gasteiger partial charge in [0.05, 0.1) is 28.8 Å². The Balaban J connectivity index is 1.95. The number of carbonyl (C=O) groups is 2. The molecule has 3 aromatic rings. The summed E-state index contributed by atoms with van der Waals surface area (Å²) in [6, 6.07) is 18.0. The molecule has 4 rings (SSSR count). The number of ketones is 1. The van der Waals surface area contributed by atoms with Crippen LogP contribution in [-0.2, 0) is 9.59 Å². The molecule has 5 nitrogen and oxygen atoms in total. The number of rotatable bonds is 4. The first-order valence-electron chi connectivity index (χ1n) is 9.79. The van der Waals surface area contributed by atoms with Crippen molar-refractivity contribution in [3.63, 3.8) is 0 Å². The molecule has 3 aromatic carbocycles. The molecule has 162 valence electrons. The minimum absolute atomic E-state index is 0.0153. The zero-order chi connectivity index (χ0) is 23.0. The molecule has 1 unspecified atom stereocenters. The maximum absolute atomic E-state index is 13.2. The Bertz CT molecular complexity index is 1250. The van der Waals surface area contributed by atoms with Crippen LogP contribution in [0.3, 0.4) is 0 Å². The summed E-state index contributed by atoms with van der Waals surface area (Å²) in [5.74, 6) is -1.21. The molecular weight excluding hydrogens is 449 g/mol. The Hall–Kier alpha value is -3.28. The lowest BCUT2D eigenvalue weighted by atomic mass is 9.92. The van der Waals surface area contributed by atoms with Crippen LogP contribution in [0.15, 0.2) is 72.3 Å². The van der Waals surface area contributed by atoms with E-state index in [1.807, 2.05) is 31.2 Å². The number of hydrogen-bond donors (Lipinski definition) is 1. The number of amides is 1. The van der Waals surface area contributed by atoms with Gasteiger partial charge in [0.15, 0.2) is 0 Å². The topological polar surface area (TPSA) is 66.8 Å². The van der Waals surface area contributed by atoms with Crippen molar-refractivity contribution in [2.75, 3.05) is 12.0 Å². The number of benzene rings is 3. The first kappa shape index (κ1) is 21.9. The van der Waals surface area contributed by atoms with E-state index < -0.39 is 17.7 Å². The summed E-state index contributed by atoms with van der Waals surface area (Å²) in [4.78, 5) is 27.8. The van der Waals surface area contributed by atoms with E-state index in [1.54, 1.807) is 37.4 Å². The van der Waals surface area contributed by atoms with Gasteiger partial charge in [0.25, 0.3) is 11.7 Å². The predicted molar refractivity (Wildman–Crippen MR) is 125 cm³/mol. The fourth-order valence-corrected chi connectivity index (χ4v) is 4.13. The van der Waals surface area contributed by atoms with Gasteiger partial charge < -0.3 is 9.84 Å². The number of aliphatic hydroxyl groups excluding tert-OH is 1. The Morgan fingerprint density at radius 2 is 1.66 bits per heavy atom. The van der Waals surface area contributed by atoms with Gasteiger partial charge in [0.2, 0.25) is 0 Å². The second-order valence-corrected chi connectivity index (χ2v) is 8.17. The van der Waals surface area contributed by atoms with E-state index in [1.165, 1.54) is 17.0 Å². The minimum Gasteiger partial charge on any atom is -0.507 e. The van der Waals surface area contributed by atoms with Crippen molar-refractivity contribution in [3.05, 3.63) is 99.0 Å². The maximum atomic E-state index is 13.2. The summed E-state index contributed by atoms with van der Waals surface area (Å²) in [5.41, 5.74) is 2.39. The van der Waals surface area contributed by atoms with Gasteiger partial charge in [0.1, 0.15) is 11.5 Å². The molecule has 1 aliphatic rings. The quantitative estimate of drug-likeness (QED) is 0.293. The molecular formula is C25H19Cl2NO4.